The average molecular weight is 282 g/mol. The molecule has 3 nitrogen and oxygen atoms in total. The van der Waals surface area contributed by atoms with E-state index in [1.54, 1.807) is 0 Å². The predicted octanol–water partition coefficient (Wildman–Crippen LogP) is 2.78. The minimum atomic E-state index is 0.00247. The zero-order valence-corrected chi connectivity index (χ0v) is 13.5. The van der Waals surface area contributed by atoms with Crippen LogP contribution in [-0.2, 0) is 0 Å². The van der Waals surface area contributed by atoms with Crippen molar-refractivity contribution < 1.29 is 5.11 Å². The number of hydrogen-bond acceptors (Lipinski definition) is 3. The molecule has 2 aliphatic rings. The molecule has 1 aliphatic carbocycles. The van der Waals surface area contributed by atoms with Crippen molar-refractivity contribution in [1.29, 1.82) is 0 Å². The van der Waals surface area contributed by atoms with E-state index in [4.69, 9.17) is 0 Å². The Morgan fingerprint density at radius 1 is 1.10 bits per heavy atom. The summed E-state index contributed by atoms with van der Waals surface area (Å²) < 4.78 is 0. The quantitative estimate of drug-likeness (QED) is 0.761. The second-order valence-corrected chi connectivity index (χ2v) is 7.47. The first-order chi connectivity index (χ1) is 9.63. The molecule has 0 aromatic heterocycles. The largest absolute Gasteiger partial charge is 0.394 e. The van der Waals surface area contributed by atoms with Crippen molar-refractivity contribution in [2.45, 2.75) is 76.8 Å². The Morgan fingerprint density at radius 3 is 2.20 bits per heavy atom. The molecule has 0 bridgehead atoms. The third-order valence-corrected chi connectivity index (χ3v) is 5.10. The van der Waals surface area contributed by atoms with Crippen LogP contribution >= 0.6 is 0 Å². The fourth-order valence-electron chi connectivity index (χ4n) is 3.88. The summed E-state index contributed by atoms with van der Waals surface area (Å²) in [6.07, 6.45) is 10.3. The Morgan fingerprint density at radius 2 is 1.70 bits per heavy atom. The number of aliphatic hydroxyl groups excluding tert-OH is 1. The first kappa shape index (κ1) is 16.3. The molecule has 1 saturated heterocycles. The average Bonchev–Trinajstić information content (AvgIpc) is 2.69. The van der Waals surface area contributed by atoms with Gasteiger partial charge in [0.15, 0.2) is 0 Å². The van der Waals surface area contributed by atoms with E-state index in [1.807, 2.05) is 0 Å². The maximum atomic E-state index is 9.93. The molecule has 118 valence electrons. The van der Waals surface area contributed by atoms with Crippen LogP contribution in [0.2, 0.25) is 0 Å². The van der Waals surface area contributed by atoms with E-state index in [0.717, 1.165) is 31.8 Å². The molecule has 0 aromatic rings. The third kappa shape index (κ3) is 4.71. The van der Waals surface area contributed by atoms with Crippen LogP contribution in [0.15, 0.2) is 0 Å². The molecule has 2 rings (SSSR count). The molecule has 1 saturated carbocycles. The molecule has 3 heteroatoms. The fraction of sp³-hybridized carbons (Fsp3) is 1.00. The SMILES string of the molecule is CC(C)CN1CCC(CO)(NC2CCCCCC2)CC1. The zero-order valence-electron chi connectivity index (χ0n) is 13.5. The number of likely N-dealkylation sites (tertiary alicyclic amines) is 1. The van der Waals surface area contributed by atoms with E-state index in [0.29, 0.717) is 12.6 Å². The topological polar surface area (TPSA) is 35.5 Å². The van der Waals surface area contributed by atoms with Crippen LogP contribution in [0.25, 0.3) is 0 Å². The maximum absolute atomic E-state index is 9.93. The summed E-state index contributed by atoms with van der Waals surface area (Å²) in [5, 5.41) is 13.8. The number of piperidine rings is 1. The lowest BCUT2D eigenvalue weighted by atomic mass is 9.86. The zero-order chi connectivity index (χ0) is 14.4. The van der Waals surface area contributed by atoms with Gasteiger partial charge in [0.25, 0.3) is 0 Å². The number of rotatable bonds is 5. The molecule has 2 fully saturated rings. The van der Waals surface area contributed by atoms with Gasteiger partial charge in [-0.25, -0.2) is 0 Å². The van der Waals surface area contributed by atoms with Gasteiger partial charge in [0.1, 0.15) is 0 Å². The number of hydrogen-bond donors (Lipinski definition) is 2. The smallest absolute Gasteiger partial charge is 0.0614 e. The Balaban J connectivity index is 1.84. The van der Waals surface area contributed by atoms with E-state index >= 15 is 0 Å². The monoisotopic (exact) mass is 282 g/mol. The molecule has 0 radical (unpaired) electrons. The highest BCUT2D eigenvalue weighted by atomic mass is 16.3. The first-order valence-corrected chi connectivity index (χ1v) is 8.74. The van der Waals surface area contributed by atoms with Crippen LogP contribution in [0.4, 0.5) is 0 Å². The van der Waals surface area contributed by atoms with E-state index in [-0.39, 0.29) is 5.54 Å². The van der Waals surface area contributed by atoms with Crippen molar-refractivity contribution in [3.8, 4) is 0 Å². The van der Waals surface area contributed by atoms with Gasteiger partial charge in [-0.1, -0.05) is 39.5 Å². The minimum Gasteiger partial charge on any atom is -0.394 e. The summed E-state index contributed by atoms with van der Waals surface area (Å²) in [5.41, 5.74) is 0.00247. The highest BCUT2D eigenvalue weighted by Gasteiger charge is 2.35. The van der Waals surface area contributed by atoms with Crippen molar-refractivity contribution in [1.82, 2.24) is 10.2 Å². The first-order valence-electron chi connectivity index (χ1n) is 8.74. The van der Waals surface area contributed by atoms with Gasteiger partial charge >= 0.3 is 0 Å². The Bertz CT molecular complexity index is 264. The molecule has 0 amide bonds. The van der Waals surface area contributed by atoms with Crippen LogP contribution in [0, 0.1) is 5.92 Å². The lowest BCUT2D eigenvalue weighted by Gasteiger charge is -2.44. The molecule has 1 aliphatic heterocycles. The Kier molecular flexibility index (Phi) is 6.31. The molecule has 20 heavy (non-hydrogen) atoms. The van der Waals surface area contributed by atoms with Crippen molar-refractivity contribution in [2.75, 3.05) is 26.2 Å². The van der Waals surface area contributed by atoms with E-state index < -0.39 is 0 Å². The Hall–Kier alpha value is -0.120. The van der Waals surface area contributed by atoms with E-state index in [9.17, 15) is 5.11 Å². The van der Waals surface area contributed by atoms with Gasteiger partial charge in [0, 0.05) is 18.1 Å². The number of nitrogens with zero attached hydrogens (tertiary/aromatic N) is 1. The molecule has 2 N–H and O–H groups in total. The van der Waals surface area contributed by atoms with Crippen molar-refractivity contribution in [3.05, 3.63) is 0 Å². The van der Waals surface area contributed by atoms with E-state index in [2.05, 4.69) is 24.1 Å². The summed E-state index contributed by atoms with van der Waals surface area (Å²) in [7, 11) is 0. The minimum absolute atomic E-state index is 0.00247. The standard InChI is InChI=1S/C17H34N2O/c1-15(2)13-19-11-9-17(14-20,10-12-19)18-16-7-5-3-4-6-8-16/h15-16,18,20H,3-14H2,1-2H3. The molecule has 1 heterocycles. The summed E-state index contributed by atoms with van der Waals surface area (Å²) in [6, 6.07) is 0.640. The van der Waals surface area contributed by atoms with Crippen molar-refractivity contribution in [3.63, 3.8) is 0 Å². The third-order valence-electron chi connectivity index (χ3n) is 5.10. The highest BCUT2D eigenvalue weighted by Crippen LogP contribution is 2.26. The lowest BCUT2D eigenvalue weighted by Crippen LogP contribution is -2.58. The van der Waals surface area contributed by atoms with Crippen LogP contribution in [-0.4, -0.2) is 47.8 Å². The van der Waals surface area contributed by atoms with Gasteiger partial charge in [-0.05, 0) is 44.7 Å². The molecular formula is C17H34N2O. The molecule has 0 unspecified atom stereocenters. The van der Waals surface area contributed by atoms with E-state index in [1.165, 1.54) is 45.1 Å². The van der Waals surface area contributed by atoms with Gasteiger partial charge in [0.05, 0.1) is 6.61 Å². The highest BCUT2D eigenvalue weighted by molar-refractivity contribution is 4.95. The molecule has 0 aromatic carbocycles. The summed E-state index contributed by atoms with van der Waals surface area (Å²) in [6.45, 7) is 8.36. The van der Waals surface area contributed by atoms with Crippen LogP contribution in [0.1, 0.15) is 65.2 Å². The van der Waals surface area contributed by atoms with Gasteiger partial charge in [0.2, 0.25) is 0 Å². The normalized spacial score (nSPS) is 25.8. The Labute approximate surface area is 125 Å². The van der Waals surface area contributed by atoms with Gasteiger partial charge in [-0.15, -0.1) is 0 Å². The number of nitrogens with one attached hydrogen (secondary N) is 1. The molecule has 0 atom stereocenters. The molecular weight excluding hydrogens is 248 g/mol. The summed E-state index contributed by atoms with van der Waals surface area (Å²) >= 11 is 0. The van der Waals surface area contributed by atoms with Crippen molar-refractivity contribution >= 4 is 0 Å². The van der Waals surface area contributed by atoms with Gasteiger partial charge in [-0.2, -0.15) is 0 Å². The van der Waals surface area contributed by atoms with Crippen molar-refractivity contribution in [2.24, 2.45) is 5.92 Å². The second kappa shape index (κ2) is 7.77. The molecule has 0 spiro atoms. The van der Waals surface area contributed by atoms with Gasteiger partial charge in [-0.3, -0.25) is 0 Å². The summed E-state index contributed by atoms with van der Waals surface area (Å²) in [5.74, 6) is 0.742. The summed E-state index contributed by atoms with van der Waals surface area (Å²) in [4.78, 5) is 2.56. The van der Waals surface area contributed by atoms with Gasteiger partial charge < -0.3 is 15.3 Å². The number of aliphatic hydroxyl groups is 1. The fourth-order valence-corrected chi connectivity index (χ4v) is 3.88. The van der Waals surface area contributed by atoms with Crippen LogP contribution in [0.5, 0.6) is 0 Å². The van der Waals surface area contributed by atoms with Crippen LogP contribution < -0.4 is 5.32 Å². The predicted molar refractivity (Wildman–Crippen MR) is 85.0 cm³/mol. The lowest BCUT2D eigenvalue weighted by molar-refractivity contribution is 0.0632. The maximum Gasteiger partial charge on any atom is 0.0614 e. The second-order valence-electron chi connectivity index (χ2n) is 7.47. The van der Waals surface area contributed by atoms with Crippen LogP contribution in [0.3, 0.4) is 0 Å².